The van der Waals surface area contributed by atoms with Gasteiger partial charge in [-0.3, -0.25) is 0 Å². The molecular formula is C55H35BN4. The van der Waals surface area contributed by atoms with Crippen LogP contribution in [0.25, 0.3) is 49.7 Å². The third-order valence-electron chi connectivity index (χ3n) is 12.4. The number of fused-ring (bicyclic) bond motifs is 7. The van der Waals surface area contributed by atoms with Gasteiger partial charge >= 0.3 is 0 Å². The summed E-state index contributed by atoms with van der Waals surface area (Å²) in [6.07, 6.45) is 0. The van der Waals surface area contributed by atoms with Crippen LogP contribution in [0.2, 0.25) is 0 Å². The van der Waals surface area contributed by atoms with Crippen LogP contribution < -0.4 is 26.2 Å². The molecule has 3 heterocycles. The topological polar surface area (TPSA) is 35.2 Å². The van der Waals surface area contributed by atoms with Gasteiger partial charge in [0, 0.05) is 50.5 Å². The molecule has 2 aliphatic heterocycles. The van der Waals surface area contributed by atoms with E-state index in [1.54, 1.807) is 0 Å². The molecule has 9 aromatic carbocycles. The van der Waals surface area contributed by atoms with Crippen LogP contribution in [-0.2, 0) is 0 Å². The Morgan fingerprint density at radius 1 is 0.383 bits per heavy atom. The first-order valence-electron chi connectivity index (χ1n) is 20.4. The first-order valence-corrected chi connectivity index (χ1v) is 20.4. The molecule has 1 aromatic heterocycles. The van der Waals surface area contributed by atoms with Crippen LogP contribution in [0, 0.1) is 11.3 Å². The summed E-state index contributed by atoms with van der Waals surface area (Å²) in [5.74, 6) is 0. The summed E-state index contributed by atoms with van der Waals surface area (Å²) in [5.41, 5.74) is 19.3. The zero-order chi connectivity index (χ0) is 39.7. The van der Waals surface area contributed by atoms with Crippen LogP contribution >= 0.6 is 0 Å². The molecule has 0 aliphatic carbocycles. The molecular weight excluding hydrogens is 727 g/mol. The van der Waals surface area contributed by atoms with Crippen LogP contribution in [0.15, 0.2) is 212 Å². The van der Waals surface area contributed by atoms with Crippen molar-refractivity contribution in [3.05, 3.63) is 218 Å². The van der Waals surface area contributed by atoms with Gasteiger partial charge in [0.15, 0.2) is 0 Å². The van der Waals surface area contributed by atoms with E-state index in [0.717, 1.165) is 50.3 Å². The van der Waals surface area contributed by atoms with Gasteiger partial charge in [-0.15, -0.1) is 0 Å². The van der Waals surface area contributed by atoms with Crippen LogP contribution in [0.1, 0.15) is 5.56 Å². The molecule has 60 heavy (non-hydrogen) atoms. The number of hydrogen-bond donors (Lipinski definition) is 0. The summed E-state index contributed by atoms with van der Waals surface area (Å²) >= 11 is 0. The number of hydrogen-bond acceptors (Lipinski definition) is 3. The van der Waals surface area contributed by atoms with E-state index in [2.05, 4.69) is 215 Å². The highest BCUT2D eigenvalue weighted by Gasteiger charge is 2.43. The first-order chi connectivity index (χ1) is 29.7. The van der Waals surface area contributed by atoms with Crippen molar-refractivity contribution in [2.45, 2.75) is 0 Å². The normalized spacial score (nSPS) is 12.6. The second-order valence-corrected chi connectivity index (χ2v) is 15.6. The van der Waals surface area contributed by atoms with Crippen LogP contribution in [0.3, 0.4) is 0 Å². The fraction of sp³-hybridized carbons (Fsp3) is 0. The van der Waals surface area contributed by atoms with Crippen molar-refractivity contribution < 1.29 is 0 Å². The highest BCUT2D eigenvalue weighted by Crippen LogP contribution is 2.46. The van der Waals surface area contributed by atoms with E-state index in [0.29, 0.717) is 5.56 Å². The Bertz CT molecular complexity index is 3250. The Kier molecular flexibility index (Phi) is 7.66. The molecule has 4 nitrogen and oxygen atoms in total. The van der Waals surface area contributed by atoms with E-state index in [9.17, 15) is 5.26 Å². The number of para-hydroxylation sites is 6. The highest BCUT2D eigenvalue weighted by atomic mass is 15.2. The Morgan fingerprint density at radius 2 is 0.950 bits per heavy atom. The number of benzene rings is 9. The maximum atomic E-state index is 9.75. The van der Waals surface area contributed by atoms with Gasteiger partial charge in [0.25, 0.3) is 6.71 Å². The zero-order valence-electron chi connectivity index (χ0n) is 32.6. The molecule has 0 amide bonds. The number of aromatic nitrogens is 1. The van der Waals surface area contributed by atoms with Crippen molar-refractivity contribution in [3.8, 4) is 34.0 Å². The minimum absolute atomic E-state index is 0.0609. The molecule has 0 spiro atoms. The molecule has 0 radical (unpaired) electrons. The van der Waals surface area contributed by atoms with Gasteiger partial charge in [-0.1, -0.05) is 127 Å². The molecule has 0 saturated heterocycles. The van der Waals surface area contributed by atoms with Crippen LogP contribution in [0.4, 0.5) is 34.1 Å². The van der Waals surface area contributed by atoms with E-state index in [1.165, 1.54) is 49.9 Å². The number of anilines is 6. The van der Waals surface area contributed by atoms with Gasteiger partial charge in [0.1, 0.15) is 0 Å². The fourth-order valence-corrected chi connectivity index (χ4v) is 9.86. The molecule has 278 valence electrons. The quantitative estimate of drug-likeness (QED) is 0.164. The maximum Gasteiger partial charge on any atom is 0.252 e. The lowest BCUT2D eigenvalue weighted by Gasteiger charge is -2.44. The van der Waals surface area contributed by atoms with E-state index in [4.69, 9.17) is 0 Å². The van der Waals surface area contributed by atoms with E-state index >= 15 is 0 Å². The van der Waals surface area contributed by atoms with Crippen molar-refractivity contribution in [2.24, 2.45) is 0 Å². The number of nitriles is 1. The largest absolute Gasteiger partial charge is 0.311 e. The predicted molar refractivity (Wildman–Crippen MR) is 250 cm³/mol. The Balaban J connectivity index is 1.12. The lowest BCUT2D eigenvalue weighted by molar-refractivity contribution is 1.18. The van der Waals surface area contributed by atoms with Gasteiger partial charge in [-0.2, -0.15) is 5.26 Å². The third-order valence-corrected chi connectivity index (χ3v) is 12.4. The smallest absolute Gasteiger partial charge is 0.252 e. The van der Waals surface area contributed by atoms with Crippen LogP contribution in [-0.4, -0.2) is 11.3 Å². The average molecular weight is 763 g/mol. The fourth-order valence-electron chi connectivity index (χ4n) is 9.86. The molecule has 0 fully saturated rings. The van der Waals surface area contributed by atoms with Crippen molar-refractivity contribution in [1.82, 2.24) is 4.57 Å². The molecule has 2 aliphatic rings. The van der Waals surface area contributed by atoms with Crippen molar-refractivity contribution in [2.75, 3.05) is 9.80 Å². The minimum atomic E-state index is 0.0609. The summed E-state index contributed by atoms with van der Waals surface area (Å²) < 4.78 is 2.38. The third kappa shape index (κ3) is 5.11. The van der Waals surface area contributed by atoms with Gasteiger partial charge in [0.05, 0.1) is 28.4 Å². The van der Waals surface area contributed by atoms with E-state index in [-0.39, 0.29) is 6.71 Å². The molecule has 10 aromatic rings. The molecule has 0 N–H and O–H groups in total. The van der Waals surface area contributed by atoms with Crippen molar-refractivity contribution in [1.29, 1.82) is 5.26 Å². The second-order valence-electron chi connectivity index (χ2n) is 15.6. The highest BCUT2D eigenvalue weighted by molar-refractivity contribution is 7.00. The zero-order valence-corrected chi connectivity index (χ0v) is 32.6. The standard InChI is InChI=1S/C55H35BN4/c57-36-37-16-15-17-39(32-37)43-22-7-11-26-48(43)60-49-27-12-8-23-44(49)45-33-38(30-31-50(45)60)40-34-53-55-54(35-40)59(42-20-5-2-6-21-42)52-29-14-10-25-47(52)56(55)46-24-9-13-28-51(46)58(53)41-18-3-1-4-19-41/h1-35H. The molecule has 0 bridgehead atoms. The summed E-state index contributed by atoms with van der Waals surface area (Å²) in [5, 5.41) is 12.1. The van der Waals surface area contributed by atoms with E-state index in [1.807, 2.05) is 18.2 Å². The molecule has 0 unspecified atom stereocenters. The lowest BCUT2D eigenvalue weighted by atomic mass is 9.33. The number of rotatable bonds is 5. The molecule has 0 atom stereocenters. The van der Waals surface area contributed by atoms with Gasteiger partial charge in [0.2, 0.25) is 0 Å². The second kappa shape index (κ2) is 13.5. The lowest BCUT2D eigenvalue weighted by Crippen LogP contribution is -2.61. The summed E-state index contributed by atoms with van der Waals surface area (Å²) in [6.45, 7) is 0.0609. The Morgan fingerprint density at radius 3 is 1.62 bits per heavy atom. The van der Waals surface area contributed by atoms with Crippen molar-refractivity contribution >= 4 is 79.0 Å². The van der Waals surface area contributed by atoms with Crippen molar-refractivity contribution in [3.63, 3.8) is 0 Å². The predicted octanol–water partition coefficient (Wildman–Crippen LogP) is 12.1. The summed E-state index contributed by atoms with van der Waals surface area (Å²) in [6, 6.07) is 78.7. The van der Waals surface area contributed by atoms with Gasteiger partial charge in [-0.25, -0.2) is 0 Å². The molecule has 12 rings (SSSR count). The number of nitrogens with zero attached hydrogens (tertiary/aromatic N) is 4. The van der Waals surface area contributed by atoms with Crippen LogP contribution in [0.5, 0.6) is 0 Å². The summed E-state index contributed by atoms with van der Waals surface area (Å²) in [7, 11) is 0. The van der Waals surface area contributed by atoms with Gasteiger partial charge in [-0.05, 0) is 118 Å². The SMILES string of the molecule is N#Cc1cccc(-c2ccccc2-n2c3ccccc3c3cc(-c4cc5c6c(c4)N(c4ccccc4)c4ccccc4B6c4ccccc4N5c4ccccc4)ccc32)c1. The molecule has 0 saturated carbocycles. The maximum absolute atomic E-state index is 9.75. The minimum Gasteiger partial charge on any atom is -0.311 e. The van der Waals surface area contributed by atoms with Gasteiger partial charge < -0.3 is 14.4 Å². The Labute approximate surface area is 349 Å². The first kappa shape index (κ1) is 34.0. The summed E-state index contributed by atoms with van der Waals surface area (Å²) in [4.78, 5) is 4.93. The monoisotopic (exact) mass is 762 g/mol. The molecule has 5 heteroatoms. The van der Waals surface area contributed by atoms with E-state index < -0.39 is 0 Å². The average Bonchev–Trinajstić information content (AvgIpc) is 3.65. The Hall–Kier alpha value is -8.07.